The van der Waals surface area contributed by atoms with Crippen LogP contribution in [0.1, 0.15) is 30.5 Å². The Hall–Kier alpha value is -1.22. The molecule has 0 unspecified atom stereocenters. The Labute approximate surface area is 90.1 Å². The minimum Gasteiger partial charge on any atom is -0.504 e. The second kappa shape index (κ2) is 4.11. The maximum Gasteiger partial charge on any atom is 0.160 e. The van der Waals surface area contributed by atoms with Gasteiger partial charge >= 0.3 is 0 Å². The average Bonchev–Trinajstić information content (AvgIpc) is 2.27. The van der Waals surface area contributed by atoms with E-state index in [4.69, 9.17) is 4.74 Å². The summed E-state index contributed by atoms with van der Waals surface area (Å²) in [5.74, 6) is 0.809. The number of phenols is 1. The average molecular weight is 207 g/mol. The molecule has 0 bridgehead atoms. The Bertz CT molecular complexity index is 363. The summed E-state index contributed by atoms with van der Waals surface area (Å²) in [5.41, 5.74) is 2.50. The molecule has 1 aliphatic heterocycles. The summed E-state index contributed by atoms with van der Waals surface area (Å²) in [6.45, 7) is 3.15. The molecule has 1 aromatic carbocycles. The molecular formula is C12H17NO2. The molecule has 0 saturated heterocycles. The highest BCUT2D eigenvalue weighted by Gasteiger charge is 2.20. The van der Waals surface area contributed by atoms with E-state index < -0.39 is 0 Å². The molecule has 0 amide bonds. The molecule has 2 rings (SSSR count). The summed E-state index contributed by atoms with van der Waals surface area (Å²) >= 11 is 0. The molecule has 3 nitrogen and oxygen atoms in total. The molecule has 1 heterocycles. The summed E-state index contributed by atoms with van der Waals surface area (Å²) in [4.78, 5) is 0. The van der Waals surface area contributed by atoms with E-state index in [1.165, 1.54) is 11.1 Å². The molecule has 0 spiro atoms. The SMILES string of the molecule is CC[C@@H]1NCCc2cc(OC)c(O)cc21. The Morgan fingerprint density at radius 2 is 2.33 bits per heavy atom. The third-order valence-corrected chi connectivity index (χ3v) is 3.01. The Balaban J connectivity index is 2.45. The van der Waals surface area contributed by atoms with E-state index in [9.17, 15) is 5.11 Å². The van der Waals surface area contributed by atoms with E-state index in [0.29, 0.717) is 11.8 Å². The zero-order valence-corrected chi connectivity index (χ0v) is 9.21. The first-order valence-electron chi connectivity index (χ1n) is 5.39. The van der Waals surface area contributed by atoms with Crippen LogP contribution >= 0.6 is 0 Å². The number of aromatic hydroxyl groups is 1. The molecule has 2 N–H and O–H groups in total. The lowest BCUT2D eigenvalue weighted by molar-refractivity contribution is 0.370. The molecule has 0 aliphatic carbocycles. The van der Waals surface area contributed by atoms with Gasteiger partial charge in [-0.1, -0.05) is 6.92 Å². The lowest BCUT2D eigenvalue weighted by Crippen LogP contribution is -2.29. The second-order valence-corrected chi connectivity index (χ2v) is 3.89. The van der Waals surface area contributed by atoms with Crippen LogP contribution in [0.3, 0.4) is 0 Å². The van der Waals surface area contributed by atoms with Crippen LogP contribution in [0, 0.1) is 0 Å². The Morgan fingerprint density at radius 3 is 3.00 bits per heavy atom. The monoisotopic (exact) mass is 207 g/mol. The summed E-state index contributed by atoms with van der Waals surface area (Å²) in [7, 11) is 1.58. The second-order valence-electron chi connectivity index (χ2n) is 3.89. The van der Waals surface area contributed by atoms with Crippen LogP contribution in [0.15, 0.2) is 12.1 Å². The van der Waals surface area contributed by atoms with Crippen LogP contribution in [0.25, 0.3) is 0 Å². The van der Waals surface area contributed by atoms with Crippen LogP contribution in [0.4, 0.5) is 0 Å². The van der Waals surface area contributed by atoms with Crippen LogP contribution in [-0.4, -0.2) is 18.8 Å². The van der Waals surface area contributed by atoms with Gasteiger partial charge in [-0.15, -0.1) is 0 Å². The van der Waals surface area contributed by atoms with Crippen molar-refractivity contribution in [2.45, 2.75) is 25.8 Å². The fourth-order valence-corrected chi connectivity index (χ4v) is 2.19. The van der Waals surface area contributed by atoms with E-state index in [1.807, 2.05) is 12.1 Å². The predicted molar refractivity (Wildman–Crippen MR) is 59.4 cm³/mol. The normalized spacial score (nSPS) is 19.7. The summed E-state index contributed by atoms with van der Waals surface area (Å²) < 4.78 is 5.11. The number of hydrogen-bond donors (Lipinski definition) is 2. The highest BCUT2D eigenvalue weighted by Crippen LogP contribution is 2.35. The van der Waals surface area contributed by atoms with Gasteiger partial charge < -0.3 is 15.2 Å². The highest BCUT2D eigenvalue weighted by atomic mass is 16.5. The quantitative estimate of drug-likeness (QED) is 0.779. The number of rotatable bonds is 2. The maximum absolute atomic E-state index is 9.73. The van der Waals surface area contributed by atoms with Crippen molar-refractivity contribution in [1.29, 1.82) is 0 Å². The first-order valence-corrected chi connectivity index (χ1v) is 5.39. The zero-order chi connectivity index (χ0) is 10.8. The number of nitrogens with one attached hydrogen (secondary N) is 1. The standard InChI is InChI=1S/C12H17NO2/c1-3-10-9-7-11(14)12(15-2)6-8(9)4-5-13-10/h6-7,10,13-14H,3-5H2,1-2H3/t10-/m0/s1. The molecule has 1 aliphatic rings. The van der Waals surface area contributed by atoms with Gasteiger partial charge in [0.1, 0.15) is 0 Å². The number of benzene rings is 1. The first kappa shape index (κ1) is 10.3. The smallest absolute Gasteiger partial charge is 0.160 e. The van der Waals surface area contributed by atoms with E-state index in [0.717, 1.165) is 19.4 Å². The summed E-state index contributed by atoms with van der Waals surface area (Å²) in [5, 5.41) is 13.2. The number of fused-ring (bicyclic) bond motifs is 1. The van der Waals surface area contributed by atoms with Gasteiger partial charge in [-0.2, -0.15) is 0 Å². The van der Waals surface area contributed by atoms with Gasteiger partial charge in [0.15, 0.2) is 11.5 Å². The lowest BCUT2D eigenvalue weighted by atomic mass is 9.92. The topological polar surface area (TPSA) is 41.5 Å². The number of methoxy groups -OCH3 is 1. The zero-order valence-electron chi connectivity index (χ0n) is 9.21. The van der Waals surface area contributed by atoms with Gasteiger partial charge in [0.2, 0.25) is 0 Å². The molecule has 0 aromatic heterocycles. The first-order chi connectivity index (χ1) is 7.26. The van der Waals surface area contributed by atoms with Gasteiger partial charge in [-0.3, -0.25) is 0 Å². The molecule has 0 radical (unpaired) electrons. The Morgan fingerprint density at radius 1 is 1.53 bits per heavy atom. The summed E-state index contributed by atoms with van der Waals surface area (Å²) in [6, 6.07) is 4.15. The van der Waals surface area contributed by atoms with E-state index in [1.54, 1.807) is 7.11 Å². The van der Waals surface area contributed by atoms with Crippen molar-refractivity contribution in [2.24, 2.45) is 0 Å². The van der Waals surface area contributed by atoms with E-state index >= 15 is 0 Å². The molecule has 82 valence electrons. The van der Waals surface area contributed by atoms with Crippen LogP contribution in [-0.2, 0) is 6.42 Å². The van der Waals surface area contributed by atoms with Crippen molar-refractivity contribution in [2.75, 3.05) is 13.7 Å². The van der Waals surface area contributed by atoms with Crippen molar-refractivity contribution < 1.29 is 9.84 Å². The van der Waals surface area contributed by atoms with Gasteiger partial charge in [-0.25, -0.2) is 0 Å². The van der Waals surface area contributed by atoms with Gasteiger partial charge in [0.05, 0.1) is 7.11 Å². The Kier molecular flexibility index (Phi) is 2.82. The summed E-state index contributed by atoms with van der Waals surface area (Å²) in [6.07, 6.45) is 2.04. The van der Waals surface area contributed by atoms with Crippen molar-refractivity contribution in [3.63, 3.8) is 0 Å². The highest BCUT2D eigenvalue weighted by molar-refractivity contribution is 5.48. The van der Waals surface area contributed by atoms with Gasteiger partial charge in [-0.05, 0) is 42.6 Å². The fraction of sp³-hybridized carbons (Fsp3) is 0.500. The molecule has 1 aromatic rings. The van der Waals surface area contributed by atoms with Crippen LogP contribution in [0.2, 0.25) is 0 Å². The largest absolute Gasteiger partial charge is 0.504 e. The van der Waals surface area contributed by atoms with Crippen molar-refractivity contribution >= 4 is 0 Å². The van der Waals surface area contributed by atoms with Gasteiger partial charge in [0.25, 0.3) is 0 Å². The third kappa shape index (κ3) is 1.79. The van der Waals surface area contributed by atoms with Crippen molar-refractivity contribution in [3.05, 3.63) is 23.3 Å². The number of ether oxygens (including phenoxy) is 1. The van der Waals surface area contributed by atoms with Crippen LogP contribution < -0.4 is 10.1 Å². The molecule has 0 saturated carbocycles. The van der Waals surface area contributed by atoms with Gasteiger partial charge in [0, 0.05) is 6.04 Å². The molecular weight excluding hydrogens is 190 g/mol. The van der Waals surface area contributed by atoms with E-state index in [-0.39, 0.29) is 5.75 Å². The number of hydrogen-bond acceptors (Lipinski definition) is 3. The molecule has 3 heteroatoms. The molecule has 0 fully saturated rings. The predicted octanol–water partition coefficient (Wildman–Crippen LogP) is 2.00. The van der Waals surface area contributed by atoms with Crippen molar-refractivity contribution in [1.82, 2.24) is 5.32 Å². The van der Waals surface area contributed by atoms with Crippen molar-refractivity contribution in [3.8, 4) is 11.5 Å². The fourth-order valence-electron chi connectivity index (χ4n) is 2.19. The third-order valence-electron chi connectivity index (χ3n) is 3.01. The molecule has 1 atom stereocenters. The van der Waals surface area contributed by atoms with E-state index in [2.05, 4.69) is 12.2 Å². The minimum atomic E-state index is 0.235. The lowest BCUT2D eigenvalue weighted by Gasteiger charge is -2.26. The van der Waals surface area contributed by atoms with Crippen LogP contribution in [0.5, 0.6) is 11.5 Å². The number of phenolic OH excluding ortho intramolecular Hbond substituents is 1. The maximum atomic E-state index is 9.73. The minimum absolute atomic E-state index is 0.235. The molecule has 15 heavy (non-hydrogen) atoms.